The van der Waals surface area contributed by atoms with Crippen molar-refractivity contribution in [3.8, 4) is 5.75 Å². The molecule has 0 amide bonds. The number of rotatable bonds is 4. The standard InChI is InChI=1S/C15H18N4OS/c1-9(2)20-13-6-4-5-12-14(13)18-15(16)19(12)8-11-7-17-10(3)21-11/h4-7,9H,8H2,1-3H3,(H2,16,18). The Bertz CT molecular complexity index is 775. The molecule has 0 radical (unpaired) electrons. The Morgan fingerprint density at radius 3 is 2.86 bits per heavy atom. The van der Waals surface area contributed by atoms with Gasteiger partial charge in [0.25, 0.3) is 0 Å². The maximum absolute atomic E-state index is 6.09. The van der Waals surface area contributed by atoms with Crippen molar-refractivity contribution in [3.63, 3.8) is 0 Å². The molecule has 0 aliphatic heterocycles. The van der Waals surface area contributed by atoms with Gasteiger partial charge in [-0.3, -0.25) is 0 Å². The van der Waals surface area contributed by atoms with Crippen LogP contribution < -0.4 is 10.5 Å². The topological polar surface area (TPSA) is 66.0 Å². The number of aryl methyl sites for hydroxylation is 1. The zero-order valence-electron chi connectivity index (χ0n) is 12.3. The van der Waals surface area contributed by atoms with Crippen LogP contribution in [0.4, 0.5) is 5.95 Å². The van der Waals surface area contributed by atoms with Crippen LogP contribution in [0.2, 0.25) is 0 Å². The third kappa shape index (κ3) is 2.71. The number of benzene rings is 1. The summed E-state index contributed by atoms with van der Waals surface area (Å²) in [6, 6.07) is 5.91. The Hall–Kier alpha value is -2.08. The highest BCUT2D eigenvalue weighted by Gasteiger charge is 2.14. The van der Waals surface area contributed by atoms with Crippen molar-refractivity contribution < 1.29 is 4.74 Å². The van der Waals surface area contributed by atoms with E-state index in [-0.39, 0.29) is 6.10 Å². The summed E-state index contributed by atoms with van der Waals surface area (Å²) in [5.41, 5.74) is 7.88. The number of fused-ring (bicyclic) bond motifs is 1. The molecule has 3 rings (SSSR count). The second-order valence-electron chi connectivity index (χ2n) is 5.19. The van der Waals surface area contributed by atoms with Crippen LogP contribution >= 0.6 is 11.3 Å². The summed E-state index contributed by atoms with van der Waals surface area (Å²) in [7, 11) is 0. The number of nitrogen functional groups attached to an aromatic ring is 1. The molecule has 0 spiro atoms. The van der Waals surface area contributed by atoms with Crippen LogP contribution in [0, 0.1) is 6.92 Å². The predicted molar refractivity (Wildman–Crippen MR) is 85.9 cm³/mol. The molecule has 0 fully saturated rings. The maximum atomic E-state index is 6.09. The number of ether oxygens (including phenoxy) is 1. The lowest BCUT2D eigenvalue weighted by atomic mass is 10.3. The monoisotopic (exact) mass is 302 g/mol. The number of para-hydroxylation sites is 1. The van der Waals surface area contributed by atoms with E-state index in [1.54, 1.807) is 11.3 Å². The quantitative estimate of drug-likeness (QED) is 0.803. The highest BCUT2D eigenvalue weighted by molar-refractivity contribution is 7.11. The van der Waals surface area contributed by atoms with E-state index in [0.29, 0.717) is 12.5 Å². The van der Waals surface area contributed by atoms with Gasteiger partial charge >= 0.3 is 0 Å². The highest BCUT2D eigenvalue weighted by atomic mass is 32.1. The molecule has 1 aromatic carbocycles. The van der Waals surface area contributed by atoms with Crippen molar-refractivity contribution in [1.82, 2.24) is 14.5 Å². The molecule has 2 N–H and O–H groups in total. The first-order chi connectivity index (χ1) is 10.0. The van der Waals surface area contributed by atoms with Crippen molar-refractivity contribution in [1.29, 1.82) is 0 Å². The average molecular weight is 302 g/mol. The fourth-order valence-electron chi connectivity index (χ4n) is 2.29. The van der Waals surface area contributed by atoms with E-state index in [1.807, 2.05) is 49.7 Å². The van der Waals surface area contributed by atoms with Crippen molar-refractivity contribution in [2.45, 2.75) is 33.4 Å². The fourth-order valence-corrected chi connectivity index (χ4v) is 3.07. The molecule has 0 aliphatic carbocycles. The lowest BCUT2D eigenvalue weighted by Gasteiger charge is -2.10. The average Bonchev–Trinajstić information content (AvgIpc) is 2.96. The molecule has 0 bridgehead atoms. The maximum Gasteiger partial charge on any atom is 0.201 e. The molecule has 0 unspecified atom stereocenters. The summed E-state index contributed by atoms with van der Waals surface area (Å²) >= 11 is 1.67. The van der Waals surface area contributed by atoms with Crippen molar-refractivity contribution >= 4 is 28.3 Å². The van der Waals surface area contributed by atoms with Crippen molar-refractivity contribution in [2.24, 2.45) is 0 Å². The molecule has 0 saturated carbocycles. The van der Waals surface area contributed by atoms with Crippen LogP contribution in [0.5, 0.6) is 5.75 Å². The van der Waals surface area contributed by atoms with Gasteiger partial charge in [-0.05, 0) is 32.9 Å². The Kier molecular flexibility index (Phi) is 3.55. The van der Waals surface area contributed by atoms with Crippen LogP contribution in [0.1, 0.15) is 23.7 Å². The Balaban J connectivity index is 2.05. The minimum atomic E-state index is 0.103. The molecule has 110 valence electrons. The first-order valence-corrected chi connectivity index (χ1v) is 7.69. The van der Waals surface area contributed by atoms with Crippen molar-refractivity contribution in [2.75, 3.05) is 5.73 Å². The summed E-state index contributed by atoms with van der Waals surface area (Å²) < 4.78 is 7.80. The summed E-state index contributed by atoms with van der Waals surface area (Å²) in [5, 5.41) is 1.05. The SMILES string of the molecule is Cc1ncc(Cn2c(N)nc3c(OC(C)C)cccc32)s1. The van der Waals surface area contributed by atoms with Crippen LogP contribution in [0.15, 0.2) is 24.4 Å². The molecular weight excluding hydrogens is 284 g/mol. The van der Waals surface area contributed by atoms with E-state index in [0.717, 1.165) is 26.7 Å². The molecule has 0 atom stereocenters. The molecule has 2 aromatic heterocycles. The molecule has 3 aromatic rings. The lowest BCUT2D eigenvalue weighted by Crippen LogP contribution is -2.06. The van der Waals surface area contributed by atoms with Gasteiger partial charge in [-0.25, -0.2) is 9.97 Å². The number of anilines is 1. The molecule has 6 heteroatoms. The van der Waals surface area contributed by atoms with Crippen LogP contribution in [-0.4, -0.2) is 20.6 Å². The summed E-state index contributed by atoms with van der Waals surface area (Å²) in [4.78, 5) is 9.91. The summed E-state index contributed by atoms with van der Waals surface area (Å²) in [6.07, 6.45) is 1.99. The number of aromatic nitrogens is 3. The molecule has 5 nitrogen and oxygen atoms in total. The first kappa shape index (κ1) is 13.9. The Labute approximate surface area is 127 Å². The van der Waals surface area contributed by atoms with Crippen LogP contribution in [0.25, 0.3) is 11.0 Å². The number of hydrogen-bond acceptors (Lipinski definition) is 5. The fraction of sp³-hybridized carbons (Fsp3) is 0.333. The Morgan fingerprint density at radius 1 is 1.38 bits per heavy atom. The second-order valence-corrected chi connectivity index (χ2v) is 6.51. The number of nitrogens with two attached hydrogens (primary N) is 1. The highest BCUT2D eigenvalue weighted by Crippen LogP contribution is 2.29. The molecular formula is C15H18N4OS. The number of hydrogen-bond donors (Lipinski definition) is 1. The third-order valence-electron chi connectivity index (χ3n) is 3.12. The zero-order chi connectivity index (χ0) is 15.0. The summed E-state index contributed by atoms with van der Waals surface area (Å²) in [6.45, 7) is 6.68. The zero-order valence-corrected chi connectivity index (χ0v) is 13.1. The second kappa shape index (κ2) is 5.37. The van der Waals surface area contributed by atoms with Gasteiger partial charge in [0.1, 0.15) is 11.3 Å². The third-order valence-corrected chi connectivity index (χ3v) is 4.01. The molecule has 21 heavy (non-hydrogen) atoms. The van der Waals surface area contributed by atoms with Crippen LogP contribution in [0.3, 0.4) is 0 Å². The van der Waals surface area contributed by atoms with Gasteiger partial charge < -0.3 is 15.0 Å². The van der Waals surface area contributed by atoms with E-state index in [4.69, 9.17) is 10.5 Å². The van der Waals surface area contributed by atoms with Gasteiger partial charge in [-0.1, -0.05) is 6.07 Å². The minimum absolute atomic E-state index is 0.103. The minimum Gasteiger partial charge on any atom is -0.489 e. The van der Waals surface area contributed by atoms with Gasteiger partial charge in [-0.2, -0.15) is 0 Å². The number of nitrogens with zero attached hydrogens (tertiary/aromatic N) is 3. The number of thiazole rings is 1. The Morgan fingerprint density at radius 2 is 2.19 bits per heavy atom. The van der Waals surface area contributed by atoms with Gasteiger partial charge in [0.2, 0.25) is 5.95 Å². The van der Waals surface area contributed by atoms with Crippen molar-refractivity contribution in [3.05, 3.63) is 34.3 Å². The van der Waals surface area contributed by atoms with Gasteiger partial charge in [0, 0.05) is 11.1 Å². The summed E-state index contributed by atoms with van der Waals surface area (Å²) in [5.74, 6) is 1.27. The molecule has 0 aliphatic rings. The predicted octanol–water partition coefficient (Wildman–Crippen LogP) is 3.22. The van der Waals surface area contributed by atoms with Gasteiger partial charge in [0.15, 0.2) is 0 Å². The van der Waals surface area contributed by atoms with Gasteiger partial charge in [0.05, 0.1) is 23.2 Å². The number of imidazole rings is 1. The smallest absolute Gasteiger partial charge is 0.201 e. The van der Waals surface area contributed by atoms with E-state index >= 15 is 0 Å². The van der Waals surface area contributed by atoms with E-state index < -0.39 is 0 Å². The molecule has 2 heterocycles. The van der Waals surface area contributed by atoms with E-state index in [1.165, 1.54) is 0 Å². The van der Waals surface area contributed by atoms with Crippen LogP contribution in [-0.2, 0) is 6.54 Å². The largest absolute Gasteiger partial charge is 0.489 e. The van der Waals surface area contributed by atoms with E-state index in [2.05, 4.69) is 9.97 Å². The normalized spacial score (nSPS) is 11.4. The van der Waals surface area contributed by atoms with Gasteiger partial charge in [-0.15, -0.1) is 11.3 Å². The molecule has 0 saturated heterocycles. The first-order valence-electron chi connectivity index (χ1n) is 6.87. The van der Waals surface area contributed by atoms with E-state index in [9.17, 15) is 0 Å². The lowest BCUT2D eigenvalue weighted by molar-refractivity contribution is 0.245.